The van der Waals surface area contributed by atoms with Crippen LogP contribution < -0.4 is 5.32 Å². The molecule has 5 rings (SSSR count). The number of hydrogen-bond acceptors (Lipinski definition) is 7. The Hall–Kier alpha value is -3.66. The summed E-state index contributed by atoms with van der Waals surface area (Å²) in [5, 5.41) is 16.0. The molecule has 0 aliphatic rings. The van der Waals surface area contributed by atoms with Gasteiger partial charge >= 0.3 is 0 Å². The number of halogens is 1. The van der Waals surface area contributed by atoms with Gasteiger partial charge in [-0.3, -0.25) is 14.1 Å². The summed E-state index contributed by atoms with van der Waals surface area (Å²) in [6.07, 6.45) is 9.63. The molecule has 9 nitrogen and oxygen atoms in total. The van der Waals surface area contributed by atoms with E-state index in [4.69, 9.17) is 0 Å². The minimum Gasteiger partial charge on any atom is -0.309 e. The van der Waals surface area contributed by atoms with Crippen molar-refractivity contribution in [2.24, 2.45) is 7.05 Å². The van der Waals surface area contributed by atoms with Crippen LogP contribution in [0, 0.1) is 0 Å². The number of nitrogens with zero attached hydrogens (tertiary/aromatic N) is 8. The van der Waals surface area contributed by atoms with E-state index in [2.05, 4.69) is 51.5 Å². The molecule has 0 bridgehead atoms. The lowest BCUT2D eigenvalue weighted by Crippen LogP contribution is -2.03. The smallest absolute Gasteiger partial charge is 0.228 e. The van der Waals surface area contributed by atoms with E-state index in [9.17, 15) is 0 Å². The zero-order valence-electron chi connectivity index (χ0n) is 15.9. The van der Waals surface area contributed by atoms with Gasteiger partial charge in [0.05, 0.1) is 11.9 Å². The van der Waals surface area contributed by atoms with Crippen LogP contribution in [0.2, 0.25) is 0 Å². The van der Waals surface area contributed by atoms with E-state index in [1.54, 1.807) is 23.3 Å². The Bertz CT molecular complexity index is 1340. The second kappa shape index (κ2) is 7.64. The first kappa shape index (κ1) is 18.4. The zero-order valence-corrected chi connectivity index (χ0v) is 17.5. The molecule has 0 atom stereocenters. The number of rotatable bonds is 5. The molecule has 0 fully saturated rings. The number of hydrogen-bond donors (Lipinski definition) is 1. The molecule has 0 unspecified atom stereocenters. The Kier molecular flexibility index (Phi) is 4.68. The van der Waals surface area contributed by atoms with Crippen LogP contribution in [0.4, 0.5) is 11.8 Å². The van der Waals surface area contributed by atoms with E-state index in [-0.39, 0.29) is 0 Å². The summed E-state index contributed by atoms with van der Waals surface area (Å²) in [5.74, 6) is 2.16. The molecule has 0 spiro atoms. The Morgan fingerprint density at radius 1 is 1.07 bits per heavy atom. The van der Waals surface area contributed by atoms with Crippen molar-refractivity contribution in [3.63, 3.8) is 0 Å². The molecular formula is C20H16BrN9. The highest BCUT2D eigenvalue weighted by atomic mass is 79.9. The van der Waals surface area contributed by atoms with Gasteiger partial charge in [0.1, 0.15) is 11.6 Å². The fourth-order valence-corrected chi connectivity index (χ4v) is 3.56. The quantitative estimate of drug-likeness (QED) is 0.428. The van der Waals surface area contributed by atoms with E-state index in [1.807, 2.05) is 54.2 Å². The second-order valence-electron chi connectivity index (χ2n) is 6.68. The van der Waals surface area contributed by atoms with Crippen molar-refractivity contribution in [1.29, 1.82) is 0 Å². The van der Waals surface area contributed by atoms with E-state index < -0.39 is 0 Å². The van der Waals surface area contributed by atoms with Gasteiger partial charge in [0.15, 0.2) is 5.65 Å². The number of aromatic nitrogens is 8. The molecule has 5 heterocycles. The third-order valence-corrected chi connectivity index (χ3v) is 5.05. The Morgan fingerprint density at radius 2 is 2.00 bits per heavy atom. The first-order chi connectivity index (χ1) is 14.7. The van der Waals surface area contributed by atoms with Gasteiger partial charge in [0, 0.05) is 54.4 Å². The molecule has 30 heavy (non-hydrogen) atoms. The van der Waals surface area contributed by atoms with Gasteiger partial charge in [0.25, 0.3) is 0 Å². The first-order valence-electron chi connectivity index (χ1n) is 9.17. The molecule has 0 radical (unpaired) electrons. The lowest BCUT2D eigenvalue weighted by Gasteiger charge is -2.07. The predicted octanol–water partition coefficient (Wildman–Crippen LogP) is 3.41. The van der Waals surface area contributed by atoms with Crippen molar-refractivity contribution >= 4 is 33.3 Å². The van der Waals surface area contributed by atoms with Crippen molar-refractivity contribution in [2.45, 2.75) is 6.42 Å². The number of aryl methyl sites for hydroxylation is 1. The molecule has 148 valence electrons. The maximum atomic E-state index is 4.62. The first-order valence-corrected chi connectivity index (χ1v) is 9.96. The van der Waals surface area contributed by atoms with Gasteiger partial charge in [0.2, 0.25) is 5.95 Å². The van der Waals surface area contributed by atoms with Gasteiger partial charge in [-0.25, -0.2) is 9.97 Å². The van der Waals surface area contributed by atoms with E-state index >= 15 is 0 Å². The van der Waals surface area contributed by atoms with Crippen LogP contribution >= 0.6 is 15.9 Å². The van der Waals surface area contributed by atoms with Gasteiger partial charge in [-0.15, -0.1) is 10.2 Å². The zero-order chi connectivity index (χ0) is 20.5. The van der Waals surface area contributed by atoms with Crippen LogP contribution in [0.25, 0.3) is 16.9 Å². The summed E-state index contributed by atoms with van der Waals surface area (Å²) in [5.41, 5.74) is 3.54. The minimum absolute atomic E-state index is 0.500. The van der Waals surface area contributed by atoms with Crippen molar-refractivity contribution < 1.29 is 0 Å². The summed E-state index contributed by atoms with van der Waals surface area (Å²) in [4.78, 5) is 13.1. The Labute approximate surface area is 180 Å². The predicted molar refractivity (Wildman–Crippen MR) is 115 cm³/mol. The van der Waals surface area contributed by atoms with Crippen molar-refractivity contribution in [3.05, 3.63) is 77.2 Å². The molecule has 1 N–H and O–H groups in total. The van der Waals surface area contributed by atoms with E-state index in [0.29, 0.717) is 12.4 Å². The van der Waals surface area contributed by atoms with Crippen LogP contribution in [0.15, 0.2) is 65.8 Å². The van der Waals surface area contributed by atoms with Gasteiger partial charge in [-0.05, 0) is 45.8 Å². The highest BCUT2D eigenvalue weighted by Gasteiger charge is 2.10. The molecule has 0 aliphatic heterocycles. The Balaban J connectivity index is 1.43. The number of anilines is 2. The van der Waals surface area contributed by atoms with Crippen molar-refractivity contribution in [1.82, 2.24) is 39.3 Å². The van der Waals surface area contributed by atoms with Crippen LogP contribution in [0.1, 0.15) is 11.4 Å². The fourth-order valence-electron chi connectivity index (χ4n) is 3.15. The summed E-state index contributed by atoms with van der Waals surface area (Å²) >= 11 is 3.45. The average Bonchev–Trinajstić information content (AvgIpc) is 3.34. The van der Waals surface area contributed by atoms with Crippen LogP contribution in [-0.2, 0) is 13.5 Å². The van der Waals surface area contributed by atoms with Crippen LogP contribution in [-0.4, -0.2) is 39.3 Å². The standard InChI is InChI=1S/C20H16BrN9/c1-29-17(3-6-24-29)26-20-23-5-2-16(25-20)14-4-7-30-18(27-28-19(30)10-14)9-13-8-15(21)12-22-11-13/h2-8,10-12H,9H2,1H3,(H,23,25,26). The topological polar surface area (TPSA) is 98.7 Å². The molecule has 5 aromatic rings. The SMILES string of the molecule is Cn1nccc1Nc1nccc(-c2ccn3c(Cc4cncc(Br)c4)nnc3c2)n1. The highest BCUT2D eigenvalue weighted by molar-refractivity contribution is 9.10. The molecular weight excluding hydrogens is 446 g/mol. The minimum atomic E-state index is 0.500. The van der Waals surface area contributed by atoms with Crippen LogP contribution in [0.5, 0.6) is 0 Å². The fraction of sp³-hybridized carbons (Fsp3) is 0.100. The molecule has 5 aromatic heterocycles. The molecule has 10 heteroatoms. The number of pyridine rings is 2. The molecule has 0 aromatic carbocycles. The van der Waals surface area contributed by atoms with Gasteiger partial charge < -0.3 is 5.32 Å². The molecule has 0 amide bonds. The van der Waals surface area contributed by atoms with E-state index in [1.165, 1.54) is 0 Å². The lowest BCUT2D eigenvalue weighted by atomic mass is 10.2. The average molecular weight is 462 g/mol. The molecule has 0 saturated heterocycles. The summed E-state index contributed by atoms with van der Waals surface area (Å²) in [7, 11) is 1.85. The van der Waals surface area contributed by atoms with Gasteiger partial charge in [-0.2, -0.15) is 5.10 Å². The number of nitrogens with one attached hydrogen (secondary N) is 1. The molecule has 0 aliphatic carbocycles. The Morgan fingerprint density at radius 3 is 2.83 bits per heavy atom. The maximum Gasteiger partial charge on any atom is 0.228 e. The number of fused-ring (bicyclic) bond motifs is 1. The lowest BCUT2D eigenvalue weighted by molar-refractivity contribution is 0.775. The third kappa shape index (κ3) is 3.64. The van der Waals surface area contributed by atoms with Crippen LogP contribution in [0.3, 0.4) is 0 Å². The van der Waals surface area contributed by atoms with E-state index in [0.717, 1.165) is 38.6 Å². The summed E-state index contributed by atoms with van der Waals surface area (Å²) in [6, 6.07) is 9.71. The summed E-state index contributed by atoms with van der Waals surface area (Å²) in [6.45, 7) is 0. The highest BCUT2D eigenvalue weighted by Crippen LogP contribution is 2.21. The monoisotopic (exact) mass is 461 g/mol. The second-order valence-corrected chi connectivity index (χ2v) is 7.59. The third-order valence-electron chi connectivity index (χ3n) is 4.62. The van der Waals surface area contributed by atoms with Gasteiger partial charge in [-0.1, -0.05) is 0 Å². The normalized spacial score (nSPS) is 11.1. The largest absolute Gasteiger partial charge is 0.309 e. The maximum absolute atomic E-state index is 4.62. The molecule has 0 saturated carbocycles. The van der Waals surface area contributed by atoms with Crippen molar-refractivity contribution in [2.75, 3.05) is 5.32 Å². The van der Waals surface area contributed by atoms with Crippen molar-refractivity contribution in [3.8, 4) is 11.3 Å². The summed E-state index contributed by atoms with van der Waals surface area (Å²) < 4.78 is 4.64.